The standard InChI is InChI=1S/C27H29N3O2S/c1-4-5-8-14-32-23-12-9-10-21(17-23)26(31)30(18-22-11-6-7-13-28-22)27-29-24-15-19(2)20(3)16-25(24)33-27/h6-7,9-13,15-17H,4-5,8,14,18H2,1-3H3. The molecule has 0 spiro atoms. The Morgan fingerprint density at radius 2 is 1.88 bits per heavy atom. The van der Waals surface area contributed by atoms with E-state index in [9.17, 15) is 4.79 Å². The van der Waals surface area contributed by atoms with Crippen LogP contribution >= 0.6 is 11.3 Å². The van der Waals surface area contributed by atoms with E-state index in [0.717, 1.165) is 35.2 Å². The number of thiazole rings is 1. The van der Waals surface area contributed by atoms with Gasteiger partial charge in [-0.1, -0.05) is 43.2 Å². The van der Waals surface area contributed by atoms with Crippen molar-refractivity contribution in [2.24, 2.45) is 0 Å². The Labute approximate surface area is 199 Å². The van der Waals surface area contributed by atoms with E-state index in [1.165, 1.54) is 22.5 Å². The zero-order valence-corrected chi connectivity index (χ0v) is 20.2. The summed E-state index contributed by atoms with van der Waals surface area (Å²) >= 11 is 1.53. The molecular weight excluding hydrogens is 430 g/mol. The third-order valence-corrected chi connectivity index (χ3v) is 6.65. The molecule has 0 aliphatic rings. The highest BCUT2D eigenvalue weighted by atomic mass is 32.1. The van der Waals surface area contributed by atoms with E-state index in [1.54, 1.807) is 11.1 Å². The number of hydrogen-bond acceptors (Lipinski definition) is 5. The van der Waals surface area contributed by atoms with Gasteiger partial charge in [0.15, 0.2) is 5.13 Å². The van der Waals surface area contributed by atoms with Gasteiger partial charge in [-0.2, -0.15) is 0 Å². The van der Waals surface area contributed by atoms with E-state index in [-0.39, 0.29) is 5.91 Å². The molecule has 170 valence electrons. The summed E-state index contributed by atoms with van der Waals surface area (Å²) in [5.41, 5.74) is 4.70. The number of unbranched alkanes of at least 4 members (excludes halogenated alkanes) is 2. The van der Waals surface area contributed by atoms with Gasteiger partial charge in [-0.3, -0.25) is 14.7 Å². The largest absolute Gasteiger partial charge is 0.494 e. The predicted molar refractivity (Wildman–Crippen MR) is 135 cm³/mol. The molecule has 0 aliphatic heterocycles. The smallest absolute Gasteiger partial charge is 0.260 e. The van der Waals surface area contributed by atoms with Gasteiger partial charge in [0, 0.05) is 11.8 Å². The first-order valence-corrected chi connectivity index (χ1v) is 12.2. The number of aromatic nitrogens is 2. The van der Waals surface area contributed by atoms with E-state index < -0.39 is 0 Å². The molecule has 0 saturated carbocycles. The third-order valence-electron chi connectivity index (χ3n) is 5.61. The molecule has 4 aromatic rings. The number of carbonyl (C=O) groups excluding carboxylic acids is 1. The van der Waals surface area contributed by atoms with Crippen molar-refractivity contribution in [3.05, 3.63) is 83.2 Å². The van der Waals surface area contributed by atoms with Gasteiger partial charge in [0.1, 0.15) is 5.75 Å². The molecule has 4 rings (SSSR count). The Morgan fingerprint density at radius 3 is 2.67 bits per heavy atom. The van der Waals surface area contributed by atoms with Crippen molar-refractivity contribution < 1.29 is 9.53 Å². The van der Waals surface area contributed by atoms with Crippen LogP contribution in [0.25, 0.3) is 10.2 Å². The molecule has 5 nitrogen and oxygen atoms in total. The van der Waals surface area contributed by atoms with Gasteiger partial charge in [-0.15, -0.1) is 0 Å². The second-order valence-corrected chi connectivity index (χ2v) is 9.21. The molecule has 0 bridgehead atoms. The van der Waals surface area contributed by atoms with Crippen molar-refractivity contribution in [3.8, 4) is 5.75 Å². The number of fused-ring (bicyclic) bond motifs is 1. The Balaban J connectivity index is 1.66. The summed E-state index contributed by atoms with van der Waals surface area (Å²) in [6.45, 7) is 7.34. The number of benzene rings is 2. The number of pyridine rings is 1. The number of hydrogen-bond donors (Lipinski definition) is 0. The van der Waals surface area contributed by atoms with Gasteiger partial charge in [0.25, 0.3) is 5.91 Å². The lowest BCUT2D eigenvalue weighted by Gasteiger charge is -2.20. The van der Waals surface area contributed by atoms with Crippen LogP contribution in [0.2, 0.25) is 0 Å². The lowest BCUT2D eigenvalue weighted by Crippen LogP contribution is -2.30. The third kappa shape index (κ3) is 5.57. The average Bonchev–Trinajstić information content (AvgIpc) is 3.23. The van der Waals surface area contributed by atoms with Gasteiger partial charge >= 0.3 is 0 Å². The fourth-order valence-electron chi connectivity index (χ4n) is 3.58. The maximum Gasteiger partial charge on any atom is 0.260 e. The highest BCUT2D eigenvalue weighted by Gasteiger charge is 2.23. The molecule has 2 aromatic heterocycles. The summed E-state index contributed by atoms with van der Waals surface area (Å²) < 4.78 is 6.95. The zero-order chi connectivity index (χ0) is 23.2. The Hall–Kier alpha value is -3.25. The van der Waals surface area contributed by atoms with Crippen LogP contribution in [0, 0.1) is 13.8 Å². The van der Waals surface area contributed by atoms with E-state index >= 15 is 0 Å². The van der Waals surface area contributed by atoms with Gasteiger partial charge in [0.2, 0.25) is 0 Å². The number of amides is 1. The van der Waals surface area contributed by atoms with Crippen LogP contribution in [0.5, 0.6) is 5.75 Å². The second kappa shape index (κ2) is 10.6. The molecule has 33 heavy (non-hydrogen) atoms. The number of aryl methyl sites for hydroxylation is 2. The van der Waals surface area contributed by atoms with Crippen molar-refractivity contribution >= 4 is 32.6 Å². The fourth-order valence-corrected chi connectivity index (χ4v) is 4.62. The minimum absolute atomic E-state index is 0.118. The molecule has 2 aromatic carbocycles. The summed E-state index contributed by atoms with van der Waals surface area (Å²) in [7, 11) is 0. The van der Waals surface area contributed by atoms with Gasteiger partial charge in [-0.05, 0) is 73.9 Å². The van der Waals surface area contributed by atoms with Gasteiger partial charge < -0.3 is 4.74 Å². The summed E-state index contributed by atoms with van der Waals surface area (Å²) in [5, 5.41) is 0.667. The van der Waals surface area contributed by atoms with Crippen LogP contribution in [0.1, 0.15) is 53.4 Å². The molecule has 2 heterocycles. The Kier molecular flexibility index (Phi) is 7.35. The molecule has 0 aliphatic carbocycles. The minimum atomic E-state index is -0.118. The highest BCUT2D eigenvalue weighted by molar-refractivity contribution is 7.22. The molecule has 0 radical (unpaired) electrons. The molecule has 0 saturated heterocycles. The first-order chi connectivity index (χ1) is 16.0. The van der Waals surface area contributed by atoms with E-state index in [2.05, 4.69) is 37.9 Å². The number of rotatable bonds is 9. The number of carbonyl (C=O) groups is 1. The van der Waals surface area contributed by atoms with Gasteiger partial charge in [0.05, 0.1) is 29.1 Å². The lowest BCUT2D eigenvalue weighted by atomic mass is 10.1. The molecule has 0 fully saturated rings. The zero-order valence-electron chi connectivity index (χ0n) is 19.4. The van der Waals surface area contributed by atoms with Crippen LogP contribution in [-0.2, 0) is 6.54 Å². The maximum absolute atomic E-state index is 13.7. The van der Waals surface area contributed by atoms with Crippen LogP contribution < -0.4 is 9.64 Å². The summed E-state index contributed by atoms with van der Waals surface area (Å²) in [6.07, 6.45) is 5.03. The lowest BCUT2D eigenvalue weighted by molar-refractivity contribution is 0.0984. The minimum Gasteiger partial charge on any atom is -0.494 e. The SMILES string of the molecule is CCCCCOc1cccc(C(=O)N(Cc2ccccn2)c2nc3cc(C)c(C)cc3s2)c1. The molecule has 0 unspecified atom stereocenters. The van der Waals surface area contributed by atoms with Crippen LogP contribution in [0.4, 0.5) is 5.13 Å². The van der Waals surface area contributed by atoms with E-state index in [4.69, 9.17) is 9.72 Å². The fraction of sp³-hybridized carbons (Fsp3) is 0.296. The highest BCUT2D eigenvalue weighted by Crippen LogP contribution is 2.32. The normalized spacial score (nSPS) is 11.0. The summed E-state index contributed by atoms with van der Waals surface area (Å²) in [5.74, 6) is 0.595. The summed E-state index contributed by atoms with van der Waals surface area (Å²) in [6, 6.07) is 17.4. The molecule has 6 heteroatoms. The number of anilines is 1. The molecular formula is C27H29N3O2S. The second-order valence-electron chi connectivity index (χ2n) is 8.20. The monoisotopic (exact) mass is 459 g/mol. The van der Waals surface area contributed by atoms with E-state index in [0.29, 0.717) is 29.6 Å². The van der Waals surface area contributed by atoms with Crippen LogP contribution in [0.15, 0.2) is 60.8 Å². The number of ether oxygens (including phenoxy) is 1. The first kappa shape index (κ1) is 22.9. The van der Waals surface area contributed by atoms with Crippen molar-refractivity contribution in [2.75, 3.05) is 11.5 Å². The predicted octanol–water partition coefficient (Wildman–Crippen LogP) is 6.72. The quantitative estimate of drug-likeness (QED) is 0.261. The van der Waals surface area contributed by atoms with Crippen LogP contribution in [-0.4, -0.2) is 22.5 Å². The molecule has 0 N–H and O–H groups in total. The van der Waals surface area contributed by atoms with Crippen molar-refractivity contribution in [1.82, 2.24) is 9.97 Å². The first-order valence-electron chi connectivity index (χ1n) is 11.4. The number of nitrogens with zero attached hydrogens (tertiary/aromatic N) is 3. The summed E-state index contributed by atoms with van der Waals surface area (Å²) in [4.78, 5) is 24.7. The van der Waals surface area contributed by atoms with Crippen LogP contribution in [0.3, 0.4) is 0 Å². The van der Waals surface area contributed by atoms with Gasteiger partial charge in [-0.25, -0.2) is 4.98 Å². The topological polar surface area (TPSA) is 55.3 Å². The van der Waals surface area contributed by atoms with Crippen molar-refractivity contribution in [1.29, 1.82) is 0 Å². The van der Waals surface area contributed by atoms with Crippen molar-refractivity contribution in [2.45, 2.75) is 46.6 Å². The maximum atomic E-state index is 13.7. The Morgan fingerprint density at radius 1 is 1.03 bits per heavy atom. The average molecular weight is 460 g/mol. The molecule has 1 amide bonds. The van der Waals surface area contributed by atoms with E-state index in [1.807, 2.05) is 42.5 Å². The Bertz CT molecular complexity index is 1200. The van der Waals surface area contributed by atoms with Crippen molar-refractivity contribution in [3.63, 3.8) is 0 Å². The molecule has 0 atom stereocenters.